The van der Waals surface area contributed by atoms with E-state index in [4.69, 9.17) is 4.74 Å². The van der Waals surface area contributed by atoms with Gasteiger partial charge in [0.25, 0.3) is 0 Å². The molecule has 0 radical (unpaired) electrons. The molecule has 0 spiro atoms. The van der Waals surface area contributed by atoms with Crippen LogP contribution in [0.15, 0.2) is 29.6 Å². The highest BCUT2D eigenvalue weighted by Gasteiger charge is 2.24. The largest absolute Gasteiger partial charge is 0.493 e. The Morgan fingerprint density at radius 1 is 1.43 bits per heavy atom. The van der Waals surface area contributed by atoms with Gasteiger partial charge in [0.05, 0.1) is 11.6 Å². The van der Waals surface area contributed by atoms with Gasteiger partial charge in [-0.3, -0.25) is 0 Å². The van der Waals surface area contributed by atoms with E-state index >= 15 is 0 Å². The van der Waals surface area contributed by atoms with E-state index < -0.39 is 0 Å². The molecule has 0 aliphatic carbocycles. The van der Waals surface area contributed by atoms with Crippen LogP contribution in [0.3, 0.4) is 0 Å². The first-order chi connectivity index (χ1) is 10.3. The van der Waals surface area contributed by atoms with Gasteiger partial charge in [-0.25, -0.2) is 4.98 Å². The summed E-state index contributed by atoms with van der Waals surface area (Å²) < 4.78 is 5.76. The number of nitrogens with one attached hydrogen (secondary N) is 1. The SMILES string of the molecule is CNC(Cc1nc(C)cs1)CC1CCOc2ccccc21. The molecule has 3 rings (SSSR count). The molecule has 1 aromatic heterocycles. The third-order valence-corrected chi connectivity index (χ3v) is 5.14. The number of aromatic nitrogens is 1. The van der Waals surface area contributed by atoms with Crippen molar-refractivity contribution in [3.63, 3.8) is 0 Å². The fourth-order valence-electron chi connectivity index (χ4n) is 3.01. The van der Waals surface area contributed by atoms with Crippen molar-refractivity contribution in [2.75, 3.05) is 13.7 Å². The number of thiazole rings is 1. The lowest BCUT2D eigenvalue weighted by Crippen LogP contribution is -2.31. The highest BCUT2D eigenvalue weighted by molar-refractivity contribution is 7.09. The van der Waals surface area contributed by atoms with Crippen molar-refractivity contribution in [3.8, 4) is 5.75 Å². The van der Waals surface area contributed by atoms with Crippen molar-refractivity contribution < 1.29 is 4.74 Å². The van der Waals surface area contributed by atoms with Crippen LogP contribution in [0.1, 0.15) is 35.0 Å². The fraction of sp³-hybridized carbons (Fsp3) is 0.471. The molecule has 2 unspecified atom stereocenters. The van der Waals surface area contributed by atoms with E-state index in [-0.39, 0.29) is 0 Å². The topological polar surface area (TPSA) is 34.2 Å². The number of para-hydroxylation sites is 1. The molecule has 3 nitrogen and oxygen atoms in total. The molecule has 4 heteroatoms. The first-order valence-electron chi connectivity index (χ1n) is 7.56. The molecule has 0 saturated heterocycles. The molecular weight excluding hydrogens is 280 g/mol. The number of aryl methyl sites for hydroxylation is 1. The summed E-state index contributed by atoms with van der Waals surface area (Å²) in [6.07, 6.45) is 3.25. The second-order valence-electron chi connectivity index (χ2n) is 5.68. The number of hydrogen-bond acceptors (Lipinski definition) is 4. The molecule has 1 aliphatic heterocycles. The summed E-state index contributed by atoms with van der Waals surface area (Å²) in [5.74, 6) is 1.64. The van der Waals surface area contributed by atoms with Crippen molar-refractivity contribution in [2.45, 2.75) is 38.1 Å². The molecule has 0 bridgehead atoms. The van der Waals surface area contributed by atoms with Gasteiger partial charge in [-0.15, -0.1) is 11.3 Å². The minimum Gasteiger partial charge on any atom is -0.493 e. The van der Waals surface area contributed by atoms with E-state index in [1.54, 1.807) is 11.3 Å². The lowest BCUT2D eigenvalue weighted by molar-refractivity contribution is 0.256. The van der Waals surface area contributed by atoms with Crippen molar-refractivity contribution >= 4 is 11.3 Å². The monoisotopic (exact) mass is 302 g/mol. The average molecular weight is 302 g/mol. The van der Waals surface area contributed by atoms with Crippen LogP contribution < -0.4 is 10.1 Å². The Labute approximate surface area is 130 Å². The Hall–Kier alpha value is -1.39. The average Bonchev–Trinajstić information content (AvgIpc) is 2.92. The molecule has 0 fully saturated rings. The van der Waals surface area contributed by atoms with E-state index in [9.17, 15) is 0 Å². The molecule has 0 saturated carbocycles. The van der Waals surface area contributed by atoms with Crippen LogP contribution in [0, 0.1) is 6.92 Å². The molecule has 1 aliphatic rings. The Balaban J connectivity index is 1.70. The van der Waals surface area contributed by atoms with Gasteiger partial charge in [-0.05, 0) is 44.4 Å². The molecule has 2 heterocycles. The van der Waals surface area contributed by atoms with Gasteiger partial charge in [-0.1, -0.05) is 18.2 Å². The first-order valence-corrected chi connectivity index (χ1v) is 8.44. The molecule has 2 atom stereocenters. The van der Waals surface area contributed by atoms with Crippen LogP contribution in [0.4, 0.5) is 0 Å². The second-order valence-corrected chi connectivity index (χ2v) is 6.62. The zero-order valence-electron chi connectivity index (χ0n) is 12.6. The second kappa shape index (κ2) is 6.58. The predicted molar refractivity (Wildman–Crippen MR) is 87.3 cm³/mol. The van der Waals surface area contributed by atoms with Gasteiger partial charge in [0.1, 0.15) is 5.75 Å². The molecule has 21 heavy (non-hydrogen) atoms. The smallest absolute Gasteiger partial charge is 0.122 e. The predicted octanol–water partition coefficient (Wildman–Crippen LogP) is 3.54. The normalized spacial score (nSPS) is 18.9. The number of fused-ring (bicyclic) bond motifs is 1. The summed E-state index contributed by atoms with van der Waals surface area (Å²) in [7, 11) is 2.05. The number of benzene rings is 1. The fourth-order valence-corrected chi connectivity index (χ4v) is 3.87. The zero-order valence-corrected chi connectivity index (χ0v) is 13.5. The van der Waals surface area contributed by atoms with Gasteiger partial charge in [0.2, 0.25) is 0 Å². The summed E-state index contributed by atoms with van der Waals surface area (Å²) in [5.41, 5.74) is 2.49. The summed E-state index contributed by atoms with van der Waals surface area (Å²) in [6.45, 7) is 2.89. The van der Waals surface area contributed by atoms with Crippen molar-refractivity contribution in [3.05, 3.63) is 45.9 Å². The maximum absolute atomic E-state index is 5.76. The quantitative estimate of drug-likeness (QED) is 0.917. The summed E-state index contributed by atoms with van der Waals surface area (Å²) in [5, 5.41) is 6.82. The Morgan fingerprint density at radius 2 is 2.29 bits per heavy atom. The molecule has 112 valence electrons. The highest BCUT2D eigenvalue weighted by atomic mass is 32.1. The van der Waals surface area contributed by atoms with E-state index in [1.807, 2.05) is 0 Å². The van der Waals surface area contributed by atoms with Crippen LogP contribution in [-0.4, -0.2) is 24.7 Å². The van der Waals surface area contributed by atoms with Crippen LogP contribution >= 0.6 is 11.3 Å². The van der Waals surface area contributed by atoms with Gasteiger partial charge < -0.3 is 10.1 Å². The summed E-state index contributed by atoms with van der Waals surface area (Å²) >= 11 is 1.77. The van der Waals surface area contributed by atoms with Gasteiger partial charge in [0, 0.05) is 23.5 Å². The lowest BCUT2D eigenvalue weighted by atomic mass is 9.87. The van der Waals surface area contributed by atoms with Gasteiger partial charge in [-0.2, -0.15) is 0 Å². The minimum absolute atomic E-state index is 0.465. The molecular formula is C17H22N2OS. The molecule has 1 N–H and O–H groups in total. The Kier molecular flexibility index (Phi) is 4.56. The molecule has 1 aromatic carbocycles. The Morgan fingerprint density at radius 3 is 3.05 bits per heavy atom. The minimum atomic E-state index is 0.465. The highest BCUT2D eigenvalue weighted by Crippen LogP contribution is 2.36. The maximum Gasteiger partial charge on any atom is 0.122 e. The van der Waals surface area contributed by atoms with Gasteiger partial charge >= 0.3 is 0 Å². The lowest BCUT2D eigenvalue weighted by Gasteiger charge is -2.28. The van der Waals surface area contributed by atoms with Crippen LogP contribution in [-0.2, 0) is 6.42 Å². The molecule has 0 amide bonds. The molecule has 2 aromatic rings. The van der Waals surface area contributed by atoms with E-state index in [1.165, 1.54) is 10.6 Å². The van der Waals surface area contributed by atoms with Crippen molar-refractivity contribution in [2.24, 2.45) is 0 Å². The van der Waals surface area contributed by atoms with E-state index in [0.29, 0.717) is 12.0 Å². The third kappa shape index (κ3) is 3.44. The maximum atomic E-state index is 5.76. The zero-order chi connectivity index (χ0) is 14.7. The number of hydrogen-bond donors (Lipinski definition) is 1. The van der Waals surface area contributed by atoms with Crippen LogP contribution in [0.2, 0.25) is 0 Å². The van der Waals surface area contributed by atoms with Crippen molar-refractivity contribution in [1.82, 2.24) is 10.3 Å². The standard InChI is InChI=1S/C17H22N2OS/c1-12-11-21-17(19-12)10-14(18-2)9-13-7-8-20-16-6-4-3-5-15(13)16/h3-6,11,13-14,18H,7-10H2,1-2H3. The van der Waals surface area contributed by atoms with Crippen LogP contribution in [0.5, 0.6) is 5.75 Å². The summed E-state index contributed by atoms with van der Waals surface area (Å²) in [6, 6.07) is 8.92. The van der Waals surface area contributed by atoms with Gasteiger partial charge in [0.15, 0.2) is 0 Å². The third-order valence-electron chi connectivity index (χ3n) is 4.15. The first kappa shape index (κ1) is 14.5. The Bertz CT molecular complexity index is 596. The van der Waals surface area contributed by atoms with Crippen LogP contribution in [0.25, 0.3) is 0 Å². The van der Waals surface area contributed by atoms with Crippen molar-refractivity contribution in [1.29, 1.82) is 0 Å². The summed E-state index contributed by atoms with van der Waals surface area (Å²) in [4.78, 5) is 4.59. The van der Waals surface area contributed by atoms with E-state index in [2.05, 4.69) is 53.9 Å². The van der Waals surface area contributed by atoms with E-state index in [0.717, 1.165) is 37.3 Å². The number of nitrogens with zero attached hydrogens (tertiary/aromatic N) is 1. The number of likely N-dealkylation sites (N-methyl/N-ethyl adjacent to an activating group) is 1. The number of ether oxygens (including phenoxy) is 1. The number of rotatable bonds is 5.